The van der Waals surface area contributed by atoms with Gasteiger partial charge in [-0.25, -0.2) is 0 Å². The molecule has 1 fully saturated rings. The van der Waals surface area contributed by atoms with Gasteiger partial charge in [-0.05, 0) is 56.2 Å². The van der Waals surface area contributed by atoms with Crippen LogP contribution in [0.25, 0.3) is 0 Å². The molecule has 2 amide bonds. The van der Waals surface area contributed by atoms with E-state index in [0.717, 1.165) is 35.6 Å². The molecule has 0 saturated carbocycles. The summed E-state index contributed by atoms with van der Waals surface area (Å²) in [4.78, 5) is 33.2. The number of nitrogens with one attached hydrogen (secondary N) is 1. The molecule has 28 heavy (non-hydrogen) atoms. The highest BCUT2D eigenvalue weighted by atomic mass is 16.2. The number of benzene rings is 1. The smallest absolute Gasteiger partial charge is 0.227 e. The van der Waals surface area contributed by atoms with Crippen molar-refractivity contribution in [2.24, 2.45) is 5.92 Å². The number of carbonyl (C=O) groups is 2. The number of aromatic nitrogens is 1. The topological polar surface area (TPSA) is 65.5 Å². The van der Waals surface area contributed by atoms with Gasteiger partial charge in [0.25, 0.3) is 0 Å². The van der Waals surface area contributed by atoms with Gasteiger partial charge in [-0.2, -0.15) is 0 Å². The Labute approximate surface area is 166 Å². The summed E-state index contributed by atoms with van der Waals surface area (Å²) in [5, 5.41) is 2.92. The van der Waals surface area contributed by atoms with Crippen molar-refractivity contribution in [1.29, 1.82) is 0 Å². The predicted octanol–water partition coefficient (Wildman–Crippen LogP) is 2.91. The standard InChI is InChI=1S/C22H28N4O2/c1-4-25(5-2)19-8-9-20(16(3)11-19)26-15-18(12-21(26)27)22(28)24-14-17-7-6-10-23-13-17/h6-11,13,18H,4-5,12,14-15H2,1-3H3,(H,24,28). The van der Waals surface area contributed by atoms with Crippen molar-refractivity contribution in [3.8, 4) is 0 Å². The Morgan fingerprint density at radius 1 is 1.29 bits per heavy atom. The Morgan fingerprint density at radius 3 is 2.71 bits per heavy atom. The van der Waals surface area contributed by atoms with E-state index in [9.17, 15) is 9.59 Å². The average molecular weight is 380 g/mol. The normalized spacial score (nSPS) is 16.3. The number of amides is 2. The summed E-state index contributed by atoms with van der Waals surface area (Å²) >= 11 is 0. The van der Waals surface area contributed by atoms with Gasteiger partial charge >= 0.3 is 0 Å². The molecule has 3 rings (SSSR count). The van der Waals surface area contributed by atoms with Crippen LogP contribution in [0.1, 0.15) is 31.4 Å². The van der Waals surface area contributed by atoms with Crippen molar-refractivity contribution < 1.29 is 9.59 Å². The van der Waals surface area contributed by atoms with Crippen LogP contribution in [0.5, 0.6) is 0 Å². The predicted molar refractivity (Wildman–Crippen MR) is 111 cm³/mol. The number of hydrogen-bond donors (Lipinski definition) is 1. The molecule has 0 radical (unpaired) electrons. The molecule has 1 N–H and O–H groups in total. The SMILES string of the molecule is CCN(CC)c1ccc(N2CC(C(=O)NCc3cccnc3)CC2=O)c(C)c1. The zero-order chi connectivity index (χ0) is 20.1. The molecular weight excluding hydrogens is 352 g/mol. The van der Waals surface area contributed by atoms with E-state index in [1.165, 1.54) is 0 Å². The Morgan fingerprint density at radius 2 is 2.07 bits per heavy atom. The van der Waals surface area contributed by atoms with E-state index in [4.69, 9.17) is 0 Å². The summed E-state index contributed by atoms with van der Waals surface area (Å²) in [6.07, 6.45) is 3.68. The molecule has 2 heterocycles. The third kappa shape index (κ3) is 4.32. The second-order valence-corrected chi connectivity index (χ2v) is 7.13. The third-order valence-corrected chi connectivity index (χ3v) is 5.29. The third-order valence-electron chi connectivity index (χ3n) is 5.29. The molecule has 0 spiro atoms. The van der Waals surface area contributed by atoms with E-state index in [2.05, 4.69) is 41.2 Å². The van der Waals surface area contributed by atoms with Gasteiger partial charge in [0.15, 0.2) is 0 Å². The minimum atomic E-state index is -0.328. The number of nitrogens with zero attached hydrogens (tertiary/aromatic N) is 3. The molecule has 1 unspecified atom stereocenters. The van der Waals surface area contributed by atoms with Gasteiger partial charge in [-0.1, -0.05) is 6.07 Å². The lowest BCUT2D eigenvalue weighted by atomic mass is 10.1. The van der Waals surface area contributed by atoms with E-state index >= 15 is 0 Å². The fraction of sp³-hybridized carbons (Fsp3) is 0.409. The number of hydrogen-bond acceptors (Lipinski definition) is 4. The number of anilines is 2. The lowest BCUT2D eigenvalue weighted by molar-refractivity contribution is -0.126. The van der Waals surface area contributed by atoms with Crippen molar-refractivity contribution in [2.75, 3.05) is 29.4 Å². The molecule has 1 aliphatic rings. The van der Waals surface area contributed by atoms with Gasteiger partial charge in [0.1, 0.15) is 0 Å². The first kappa shape index (κ1) is 19.9. The fourth-order valence-electron chi connectivity index (χ4n) is 3.68. The maximum Gasteiger partial charge on any atom is 0.227 e. The second-order valence-electron chi connectivity index (χ2n) is 7.13. The number of carbonyl (C=O) groups excluding carboxylic acids is 2. The molecule has 1 aromatic carbocycles. The highest BCUT2D eigenvalue weighted by Crippen LogP contribution is 2.30. The quantitative estimate of drug-likeness (QED) is 0.802. The van der Waals surface area contributed by atoms with E-state index in [1.807, 2.05) is 25.1 Å². The van der Waals surface area contributed by atoms with Crippen LogP contribution < -0.4 is 15.1 Å². The largest absolute Gasteiger partial charge is 0.372 e. The number of pyridine rings is 1. The molecule has 148 valence electrons. The molecule has 1 atom stereocenters. The van der Waals surface area contributed by atoms with Gasteiger partial charge < -0.3 is 15.1 Å². The van der Waals surface area contributed by atoms with E-state index in [0.29, 0.717) is 13.1 Å². The lowest BCUT2D eigenvalue weighted by Gasteiger charge is -2.24. The maximum absolute atomic E-state index is 12.6. The summed E-state index contributed by atoms with van der Waals surface area (Å²) in [6.45, 7) is 9.01. The van der Waals surface area contributed by atoms with Crippen LogP contribution >= 0.6 is 0 Å². The van der Waals surface area contributed by atoms with Crippen LogP contribution in [0.3, 0.4) is 0 Å². The molecule has 2 aromatic rings. The van der Waals surface area contributed by atoms with Crippen molar-refractivity contribution in [3.63, 3.8) is 0 Å². The Kier molecular flexibility index (Phi) is 6.29. The summed E-state index contributed by atoms with van der Waals surface area (Å²) in [5.41, 5.74) is 4.04. The van der Waals surface area contributed by atoms with Crippen LogP contribution in [0.15, 0.2) is 42.7 Å². The van der Waals surface area contributed by atoms with Crippen molar-refractivity contribution in [1.82, 2.24) is 10.3 Å². The van der Waals surface area contributed by atoms with Crippen LogP contribution in [0, 0.1) is 12.8 Å². The van der Waals surface area contributed by atoms with Gasteiger partial charge in [-0.3, -0.25) is 14.6 Å². The minimum absolute atomic E-state index is 0.000201. The Balaban J connectivity index is 1.66. The summed E-state index contributed by atoms with van der Waals surface area (Å²) in [7, 11) is 0. The van der Waals surface area contributed by atoms with Crippen LogP contribution in [0.2, 0.25) is 0 Å². The van der Waals surface area contributed by atoms with Crippen LogP contribution in [0.4, 0.5) is 11.4 Å². The van der Waals surface area contributed by atoms with Gasteiger partial charge in [0.05, 0.1) is 5.92 Å². The molecule has 6 nitrogen and oxygen atoms in total. The monoisotopic (exact) mass is 380 g/mol. The highest BCUT2D eigenvalue weighted by molar-refractivity contribution is 6.01. The average Bonchev–Trinajstić information content (AvgIpc) is 3.09. The molecule has 1 saturated heterocycles. The van der Waals surface area contributed by atoms with Crippen LogP contribution in [-0.4, -0.2) is 36.4 Å². The van der Waals surface area contributed by atoms with E-state index in [1.54, 1.807) is 17.3 Å². The minimum Gasteiger partial charge on any atom is -0.372 e. The second kappa shape index (κ2) is 8.87. The van der Waals surface area contributed by atoms with Crippen LogP contribution in [-0.2, 0) is 16.1 Å². The van der Waals surface area contributed by atoms with E-state index < -0.39 is 0 Å². The van der Waals surface area contributed by atoms with Crippen molar-refractivity contribution >= 4 is 23.2 Å². The first-order valence-electron chi connectivity index (χ1n) is 9.86. The highest BCUT2D eigenvalue weighted by Gasteiger charge is 2.35. The summed E-state index contributed by atoms with van der Waals surface area (Å²) in [6, 6.07) is 9.92. The first-order chi connectivity index (χ1) is 13.5. The molecule has 0 bridgehead atoms. The number of rotatable bonds is 7. The maximum atomic E-state index is 12.6. The Bertz CT molecular complexity index is 834. The van der Waals surface area contributed by atoms with E-state index in [-0.39, 0.29) is 24.2 Å². The van der Waals surface area contributed by atoms with Crippen molar-refractivity contribution in [2.45, 2.75) is 33.7 Å². The van der Waals surface area contributed by atoms with Gasteiger partial charge in [-0.15, -0.1) is 0 Å². The fourth-order valence-corrected chi connectivity index (χ4v) is 3.68. The Hall–Kier alpha value is -2.89. The molecule has 1 aromatic heterocycles. The first-order valence-corrected chi connectivity index (χ1v) is 9.86. The molecular formula is C22H28N4O2. The molecule has 1 aliphatic heterocycles. The van der Waals surface area contributed by atoms with Gasteiger partial charge in [0, 0.05) is 56.4 Å². The molecule has 0 aliphatic carbocycles. The lowest BCUT2D eigenvalue weighted by Crippen LogP contribution is -2.32. The summed E-state index contributed by atoms with van der Waals surface area (Å²) in [5.74, 6) is -0.414. The molecule has 6 heteroatoms. The zero-order valence-corrected chi connectivity index (χ0v) is 16.8. The summed E-state index contributed by atoms with van der Waals surface area (Å²) < 4.78 is 0. The van der Waals surface area contributed by atoms with Crippen molar-refractivity contribution in [3.05, 3.63) is 53.9 Å². The van der Waals surface area contributed by atoms with Gasteiger partial charge in [0.2, 0.25) is 11.8 Å². The zero-order valence-electron chi connectivity index (χ0n) is 16.8. The number of aryl methyl sites for hydroxylation is 1.